The molecule has 14 nitrogen and oxygen atoms in total. The molecule has 6 aromatic rings. The number of methoxy groups -OCH3 is 1. The zero-order chi connectivity index (χ0) is 48.9. The average molecular weight is 963 g/mol. The van der Waals surface area contributed by atoms with Gasteiger partial charge in [-0.3, -0.25) is 28.7 Å². The number of halogens is 2. The normalized spacial score (nSPS) is 17.7. The van der Waals surface area contributed by atoms with Gasteiger partial charge >= 0.3 is 5.97 Å². The number of aryl methyl sites for hydroxylation is 3. The number of thiophene rings is 1. The molecule has 2 aliphatic heterocycles. The van der Waals surface area contributed by atoms with Crippen molar-refractivity contribution in [3.8, 4) is 26.6 Å². The number of esters is 1. The Morgan fingerprint density at radius 2 is 1.62 bits per heavy atom. The third-order valence-electron chi connectivity index (χ3n) is 12.6. The van der Waals surface area contributed by atoms with Crippen LogP contribution in [-0.2, 0) is 19.1 Å². The van der Waals surface area contributed by atoms with Crippen molar-refractivity contribution in [2.24, 2.45) is 10.4 Å². The first-order chi connectivity index (χ1) is 32.2. The van der Waals surface area contributed by atoms with Gasteiger partial charge in [0.1, 0.15) is 40.6 Å². The number of likely N-dealkylation sites (tertiary alicyclic amines) is 1. The highest BCUT2D eigenvalue weighted by Gasteiger charge is 2.45. The number of aliphatic hydroxyl groups is 1. The Morgan fingerprint density at radius 1 is 0.941 bits per heavy atom. The number of carbonyl (C=O) groups excluding carboxylic acids is 4. The quantitative estimate of drug-likeness (QED) is 0.108. The number of hydrogen-bond donors (Lipinski definition) is 3. The minimum absolute atomic E-state index is 0.0311. The third-order valence-corrected chi connectivity index (χ3v) is 14.8. The zero-order valence-electron chi connectivity index (χ0n) is 39.1. The summed E-state index contributed by atoms with van der Waals surface area (Å²) in [5.74, 6) is -3.45. The molecule has 18 heteroatoms. The van der Waals surface area contributed by atoms with E-state index in [0.717, 1.165) is 54.8 Å². The van der Waals surface area contributed by atoms with Crippen LogP contribution >= 0.6 is 22.7 Å². The molecule has 0 saturated carbocycles. The SMILES string of the molecule is COC(=O)C[C@@H]1N=C(c2ccc(-c3cc(F)cc(C(=O)N[C@H](C(=O)N4C[C@H](O)C[C@H]4C(=O)N[C@@H](C)c4ccc(-c5scnc5C)cc4)C(C)(C)C)c3F)cc2)c2c(sc(C)c2C)-n2c(C)nnc21. The smallest absolute Gasteiger partial charge is 0.308 e. The standard InChI is InChI=1S/C50H52F2N8O6S2/c1-24-27(4)68-49-40(24)42(55-37(21-39(62)66-9)45-58-57-28(5)60(45)49)31-14-12-30(13-15-31)35-18-33(51)19-36(41(35)52)46(63)56-44(50(6,7)8)48(65)59-22-34(61)20-38(59)47(64)54-25(2)29-10-16-32(17-11-29)43-26(3)53-23-67-43/h10-19,23,25,34,37-38,44,61H,20-22H2,1-9H3,(H,54,64)(H,56,63)/t25-,34+,37-,38-,44+/m0/s1. The van der Waals surface area contributed by atoms with E-state index in [1.54, 1.807) is 73.2 Å². The van der Waals surface area contributed by atoms with Gasteiger partial charge in [0.05, 0.1) is 53.0 Å². The molecule has 3 amide bonds. The maximum absolute atomic E-state index is 16.7. The average Bonchev–Trinajstić information content (AvgIpc) is 4.07. The Hall–Kier alpha value is -6.50. The molecule has 5 atom stereocenters. The Bertz CT molecular complexity index is 2970. The second-order valence-corrected chi connectivity index (χ2v) is 20.4. The molecule has 0 spiro atoms. The highest BCUT2D eigenvalue weighted by Crippen LogP contribution is 2.40. The fourth-order valence-electron chi connectivity index (χ4n) is 8.76. The van der Waals surface area contributed by atoms with Gasteiger partial charge in [0.15, 0.2) is 5.82 Å². The number of carbonyl (C=O) groups is 4. The van der Waals surface area contributed by atoms with Crippen LogP contribution in [0.15, 0.2) is 71.2 Å². The zero-order valence-corrected chi connectivity index (χ0v) is 40.7. The minimum Gasteiger partial charge on any atom is -0.469 e. The molecule has 0 aliphatic carbocycles. The van der Waals surface area contributed by atoms with Crippen molar-refractivity contribution < 1.29 is 37.8 Å². The van der Waals surface area contributed by atoms with Gasteiger partial charge in [0, 0.05) is 34.5 Å². The number of β-amino-alcohol motifs (C(OH)–C–C–N with tert-alkyl or cyclic N) is 1. The van der Waals surface area contributed by atoms with Crippen molar-refractivity contribution in [3.05, 3.63) is 128 Å². The number of rotatable bonds is 11. The van der Waals surface area contributed by atoms with Gasteiger partial charge in [-0.2, -0.15) is 0 Å². The molecular weight excluding hydrogens is 911 g/mol. The number of nitrogens with one attached hydrogen (secondary N) is 2. The van der Waals surface area contributed by atoms with Gasteiger partial charge in [0.25, 0.3) is 5.91 Å². The number of hydrogen-bond acceptors (Lipinski definition) is 12. The molecule has 3 aromatic heterocycles. The van der Waals surface area contributed by atoms with Crippen molar-refractivity contribution in [2.75, 3.05) is 13.7 Å². The molecule has 0 radical (unpaired) electrons. The number of ether oxygens (including phenoxy) is 1. The Kier molecular flexibility index (Phi) is 13.3. The van der Waals surface area contributed by atoms with Gasteiger partial charge in [-0.05, 0) is 74.4 Å². The van der Waals surface area contributed by atoms with E-state index in [-0.39, 0.29) is 30.5 Å². The first kappa shape index (κ1) is 48.0. The Morgan fingerprint density at radius 3 is 2.26 bits per heavy atom. The second kappa shape index (κ2) is 18.9. The highest BCUT2D eigenvalue weighted by molar-refractivity contribution is 7.15. The van der Waals surface area contributed by atoms with E-state index >= 15 is 8.78 Å². The van der Waals surface area contributed by atoms with E-state index < -0.39 is 76.6 Å². The molecule has 5 heterocycles. The predicted molar refractivity (Wildman–Crippen MR) is 256 cm³/mol. The van der Waals surface area contributed by atoms with E-state index in [9.17, 15) is 24.3 Å². The largest absolute Gasteiger partial charge is 0.469 e. The van der Waals surface area contributed by atoms with Crippen molar-refractivity contribution in [3.63, 3.8) is 0 Å². The number of fused-ring (bicyclic) bond motifs is 3. The van der Waals surface area contributed by atoms with E-state index in [0.29, 0.717) is 22.9 Å². The van der Waals surface area contributed by atoms with Crippen LogP contribution in [0.5, 0.6) is 0 Å². The van der Waals surface area contributed by atoms with Crippen LogP contribution in [0.3, 0.4) is 0 Å². The number of thiazole rings is 1. The number of benzene rings is 3. The molecule has 3 aromatic carbocycles. The summed E-state index contributed by atoms with van der Waals surface area (Å²) in [4.78, 5) is 67.7. The lowest BCUT2D eigenvalue weighted by atomic mass is 9.85. The fourth-order valence-corrected chi connectivity index (χ4v) is 10.8. The summed E-state index contributed by atoms with van der Waals surface area (Å²) >= 11 is 3.08. The maximum Gasteiger partial charge on any atom is 0.308 e. The lowest BCUT2D eigenvalue weighted by molar-refractivity contribution is -0.142. The summed E-state index contributed by atoms with van der Waals surface area (Å²) in [6, 6.07) is 12.6. The van der Waals surface area contributed by atoms with Crippen molar-refractivity contribution in [1.82, 2.24) is 35.3 Å². The van der Waals surface area contributed by atoms with Crippen LogP contribution in [0, 0.1) is 44.7 Å². The van der Waals surface area contributed by atoms with Gasteiger partial charge in [-0.25, -0.2) is 13.8 Å². The molecule has 3 N–H and O–H groups in total. The predicted octanol–water partition coefficient (Wildman–Crippen LogP) is 8.07. The molecule has 0 bridgehead atoms. The summed E-state index contributed by atoms with van der Waals surface area (Å²) in [5, 5.41) is 25.9. The molecule has 0 unspecified atom stereocenters. The van der Waals surface area contributed by atoms with Gasteiger partial charge in [0.2, 0.25) is 11.8 Å². The maximum atomic E-state index is 16.7. The van der Waals surface area contributed by atoms with Gasteiger partial charge in [-0.1, -0.05) is 69.3 Å². The van der Waals surface area contributed by atoms with Crippen LogP contribution in [0.25, 0.3) is 26.6 Å². The third kappa shape index (κ3) is 9.23. The summed E-state index contributed by atoms with van der Waals surface area (Å²) in [6.07, 6.45) is -1.14. The molecule has 8 rings (SSSR count). The first-order valence-electron chi connectivity index (χ1n) is 22.1. The number of nitrogens with zero attached hydrogens (tertiary/aromatic N) is 6. The monoisotopic (exact) mass is 962 g/mol. The second-order valence-electron chi connectivity index (χ2n) is 18.4. The van der Waals surface area contributed by atoms with Gasteiger partial charge in [-0.15, -0.1) is 32.9 Å². The Balaban J connectivity index is 1.03. The van der Waals surface area contributed by atoms with Crippen LogP contribution in [0.1, 0.15) is 107 Å². The van der Waals surface area contributed by atoms with Crippen molar-refractivity contribution in [2.45, 2.75) is 98.5 Å². The summed E-state index contributed by atoms with van der Waals surface area (Å²) in [6.45, 7) is 14.5. The van der Waals surface area contributed by atoms with Gasteiger partial charge < -0.3 is 25.4 Å². The highest BCUT2D eigenvalue weighted by atomic mass is 32.1. The Labute approximate surface area is 400 Å². The van der Waals surface area contributed by atoms with E-state index in [1.807, 2.05) is 63.5 Å². The topological polar surface area (TPSA) is 181 Å². The number of amides is 3. The summed E-state index contributed by atoms with van der Waals surface area (Å²) < 4.78 is 39.1. The molecule has 1 saturated heterocycles. The van der Waals surface area contributed by atoms with Crippen LogP contribution < -0.4 is 10.6 Å². The van der Waals surface area contributed by atoms with E-state index in [2.05, 4.69) is 25.8 Å². The molecule has 2 aliphatic rings. The number of aliphatic hydroxyl groups excluding tert-OH is 1. The van der Waals surface area contributed by atoms with Crippen LogP contribution in [-0.4, -0.2) is 91.0 Å². The van der Waals surface area contributed by atoms with E-state index in [1.165, 1.54) is 12.0 Å². The van der Waals surface area contributed by atoms with E-state index in [4.69, 9.17) is 9.73 Å². The van der Waals surface area contributed by atoms with Crippen LogP contribution in [0.2, 0.25) is 0 Å². The summed E-state index contributed by atoms with van der Waals surface area (Å²) in [5.41, 5.74) is 6.00. The minimum atomic E-state index is -1.31. The number of aromatic nitrogens is 4. The lowest BCUT2D eigenvalue weighted by Gasteiger charge is -2.35. The lowest BCUT2D eigenvalue weighted by Crippen LogP contribution is -2.58. The first-order valence-corrected chi connectivity index (χ1v) is 23.8. The molecule has 68 heavy (non-hydrogen) atoms. The molecule has 354 valence electrons. The van der Waals surface area contributed by atoms with Crippen molar-refractivity contribution >= 4 is 52.1 Å². The fraction of sp³-hybridized carbons (Fsp3) is 0.360. The molecular formula is C50H52F2N8O6S2. The van der Waals surface area contributed by atoms with Crippen molar-refractivity contribution in [1.29, 1.82) is 0 Å². The van der Waals surface area contributed by atoms with Crippen LogP contribution in [0.4, 0.5) is 8.78 Å². The number of aliphatic imine (C=N–C) groups is 1. The molecule has 1 fully saturated rings. The summed E-state index contributed by atoms with van der Waals surface area (Å²) in [7, 11) is 1.30.